The molecular weight excluding hydrogens is 430 g/mol. The van der Waals surface area contributed by atoms with Crippen molar-refractivity contribution in [1.29, 1.82) is 5.26 Å². The predicted molar refractivity (Wildman–Crippen MR) is 117 cm³/mol. The van der Waals surface area contributed by atoms with E-state index in [9.17, 15) is 15.2 Å². The van der Waals surface area contributed by atoms with Crippen LogP contribution < -0.4 is 4.74 Å². The first-order valence-corrected chi connectivity index (χ1v) is 10.9. The summed E-state index contributed by atoms with van der Waals surface area (Å²) in [5, 5.41) is 26.9. The third-order valence-electron chi connectivity index (χ3n) is 6.21. The molecular formula is C24H22ClN3O4. The number of halogens is 1. The largest absolute Gasteiger partial charge is 0.485 e. The van der Waals surface area contributed by atoms with E-state index in [-0.39, 0.29) is 17.7 Å². The van der Waals surface area contributed by atoms with Crippen molar-refractivity contribution >= 4 is 23.4 Å². The second-order valence-electron chi connectivity index (χ2n) is 8.96. The lowest BCUT2D eigenvalue weighted by Gasteiger charge is -2.42. The summed E-state index contributed by atoms with van der Waals surface area (Å²) in [5.74, 6) is 0.701. The fraction of sp³-hybridized carbons (Fsp3) is 0.375. The zero-order valence-corrected chi connectivity index (χ0v) is 18.4. The number of fused-ring (bicyclic) bond motifs is 2. The van der Waals surface area contributed by atoms with Gasteiger partial charge in [-0.15, -0.1) is 5.10 Å². The van der Waals surface area contributed by atoms with Gasteiger partial charge in [0.25, 0.3) is 0 Å². The number of carbonyl (C=O) groups excluding carboxylic acids is 1. The van der Waals surface area contributed by atoms with E-state index in [1.165, 1.54) is 5.01 Å². The van der Waals surface area contributed by atoms with E-state index in [2.05, 4.69) is 11.2 Å². The van der Waals surface area contributed by atoms with Gasteiger partial charge >= 0.3 is 0 Å². The summed E-state index contributed by atoms with van der Waals surface area (Å²) in [5.41, 5.74) is 1.04. The van der Waals surface area contributed by atoms with Crippen LogP contribution in [-0.4, -0.2) is 33.6 Å². The molecule has 1 N–H and O–H groups in total. The number of hydrogen-bond acceptors (Lipinski definition) is 6. The quantitative estimate of drug-likeness (QED) is 0.765. The number of benzene rings is 2. The van der Waals surface area contributed by atoms with Crippen LogP contribution in [0.1, 0.15) is 43.1 Å². The Balaban J connectivity index is 1.46. The molecule has 32 heavy (non-hydrogen) atoms. The Kier molecular flexibility index (Phi) is 4.88. The number of rotatable bonds is 3. The maximum absolute atomic E-state index is 12.8. The van der Waals surface area contributed by atoms with Gasteiger partial charge in [0.05, 0.1) is 24.1 Å². The molecule has 2 aromatic rings. The van der Waals surface area contributed by atoms with Crippen LogP contribution in [0.2, 0.25) is 5.02 Å². The highest BCUT2D eigenvalue weighted by molar-refractivity contribution is 6.30. The molecule has 5 rings (SSSR count). The molecule has 0 radical (unpaired) electrons. The number of hydrazone groups is 1. The van der Waals surface area contributed by atoms with Gasteiger partial charge in [-0.05, 0) is 56.2 Å². The van der Waals surface area contributed by atoms with Gasteiger partial charge in [-0.1, -0.05) is 23.7 Å². The van der Waals surface area contributed by atoms with E-state index in [0.29, 0.717) is 40.8 Å². The first-order valence-electron chi connectivity index (χ1n) is 10.5. The summed E-state index contributed by atoms with van der Waals surface area (Å²) in [6, 6.07) is 14.4. The van der Waals surface area contributed by atoms with E-state index < -0.39 is 17.8 Å². The predicted octanol–water partition coefficient (Wildman–Crippen LogP) is 3.79. The third-order valence-corrected chi connectivity index (χ3v) is 6.46. The average Bonchev–Trinajstić information content (AvgIpc) is 3.57. The van der Waals surface area contributed by atoms with Crippen molar-refractivity contribution < 1.29 is 19.4 Å². The smallest absolute Gasteiger partial charge is 0.247 e. The number of aliphatic hydroxyl groups excluding tert-OH is 1. The molecule has 0 saturated heterocycles. The van der Waals surface area contributed by atoms with E-state index >= 15 is 0 Å². The molecule has 4 atom stereocenters. The Hall–Kier alpha value is -3.08. The second kappa shape index (κ2) is 7.51. The fourth-order valence-electron chi connectivity index (χ4n) is 4.23. The molecule has 1 aliphatic carbocycles. The van der Waals surface area contributed by atoms with Crippen molar-refractivity contribution in [3.05, 3.63) is 64.2 Å². The SMILES string of the molecule is CC1(C)Oc2ccc(C#N)cc2[C@@H](OC2=NN(Cc3ccc(Cl)cc3)C(=O)[C@H]3C[C@@H]23)[C@@H]1O. The van der Waals surface area contributed by atoms with Gasteiger partial charge in [0.1, 0.15) is 17.5 Å². The molecule has 0 spiro atoms. The second-order valence-corrected chi connectivity index (χ2v) is 9.40. The van der Waals surface area contributed by atoms with Gasteiger partial charge < -0.3 is 14.6 Å². The topological polar surface area (TPSA) is 95.2 Å². The maximum Gasteiger partial charge on any atom is 0.247 e. The summed E-state index contributed by atoms with van der Waals surface area (Å²) in [6.07, 6.45) is -1.10. The molecule has 2 aromatic carbocycles. The number of ether oxygens (including phenoxy) is 2. The number of aliphatic hydroxyl groups is 1. The number of amides is 1. The summed E-state index contributed by atoms with van der Waals surface area (Å²) in [4.78, 5) is 12.8. The molecule has 0 aromatic heterocycles. The monoisotopic (exact) mass is 451 g/mol. The van der Waals surface area contributed by atoms with E-state index in [1.54, 1.807) is 44.2 Å². The number of nitriles is 1. The van der Waals surface area contributed by atoms with Gasteiger partial charge in [0, 0.05) is 16.5 Å². The summed E-state index contributed by atoms with van der Waals surface area (Å²) < 4.78 is 12.3. The van der Waals surface area contributed by atoms with Crippen LogP contribution in [0.3, 0.4) is 0 Å². The van der Waals surface area contributed by atoms with Crippen LogP contribution in [0, 0.1) is 23.2 Å². The molecule has 2 heterocycles. The minimum Gasteiger partial charge on any atom is -0.485 e. The van der Waals surface area contributed by atoms with Crippen LogP contribution in [0.15, 0.2) is 47.6 Å². The van der Waals surface area contributed by atoms with E-state index in [0.717, 1.165) is 5.56 Å². The molecule has 8 heteroatoms. The Morgan fingerprint density at radius 2 is 2.03 bits per heavy atom. The zero-order chi connectivity index (χ0) is 22.6. The Bertz CT molecular complexity index is 1150. The summed E-state index contributed by atoms with van der Waals surface area (Å²) in [7, 11) is 0. The van der Waals surface area contributed by atoms with Crippen molar-refractivity contribution in [2.45, 2.75) is 44.6 Å². The van der Waals surface area contributed by atoms with Gasteiger partial charge in [0.15, 0.2) is 6.10 Å². The van der Waals surface area contributed by atoms with Gasteiger partial charge in [-0.3, -0.25) is 4.79 Å². The van der Waals surface area contributed by atoms with Crippen LogP contribution in [0.25, 0.3) is 0 Å². The van der Waals surface area contributed by atoms with Crippen LogP contribution >= 0.6 is 11.6 Å². The Morgan fingerprint density at radius 3 is 2.75 bits per heavy atom. The molecule has 2 aliphatic heterocycles. The van der Waals surface area contributed by atoms with Gasteiger partial charge in [0.2, 0.25) is 11.8 Å². The van der Waals surface area contributed by atoms with Gasteiger partial charge in [-0.25, -0.2) is 5.01 Å². The minimum atomic E-state index is -0.994. The highest BCUT2D eigenvalue weighted by atomic mass is 35.5. The Morgan fingerprint density at radius 1 is 1.28 bits per heavy atom. The maximum atomic E-state index is 12.8. The van der Waals surface area contributed by atoms with Crippen molar-refractivity contribution in [1.82, 2.24) is 5.01 Å². The average molecular weight is 452 g/mol. The van der Waals surface area contributed by atoms with Crippen LogP contribution in [0.4, 0.5) is 0 Å². The molecule has 0 unspecified atom stereocenters. The van der Waals surface area contributed by atoms with Crippen LogP contribution in [-0.2, 0) is 16.1 Å². The molecule has 164 valence electrons. The molecule has 1 fully saturated rings. The Labute approximate surface area is 190 Å². The molecule has 0 bridgehead atoms. The zero-order valence-electron chi connectivity index (χ0n) is 17.7. The first-order chi connectivity index (χ1) is 15.3. The standard InChI is InChI=1S/C24H22ClN3O4/c1-24(2)21(29)20(18-9-14(11-26)5-8-19(18)32-24)31-22-16-10-17(16)23(30)28(27-22)12-13-3-6-15(25)7-4-13/h3-9,16-17,20-21,29H,10,12H2,1-2H3/t16-,17+,20-,21+/m1/s1. The lowest BCUT2D eigenvalue weighted by molar-refractivity contribution is -0.135. The normalized spacial score (nSPS) is 27.4. The van der Waals surface area contributed by atoms with Crippen molar-refractivity contribution in [3.63, 3.8) is 0 Å². The summed E-state index contributed by atoms with van der Waals surface area (Å²) >= 11 is 5.96. The van der Waals surface area contributed by atoms with Gasteiger partial charge in [-0.2, -0.15) is 5.26 Å². The molecule has 3 aliphatic rings. The first kappa shape index (κ1) is 20.8. The summed E-state index contributed by atoms with van der Waals surface area (Å²) in [6.45, 7) is 3.88. The highest BCUT2D eigenvalue weighted by Crippen LogP contribution is 2.48. The lowest BCUT2D eigenvalue weighted by Crippen LogP contribution is -2.50. The van der Waals surface area contributed by atoms with Crippen molar-refractivity contribution in [3.8, 4) is 11.8 Å². The van der Waals surface area contributed by atoms with Crippen molar-refractivity contribution in [2.75, 3.05) is 0 Å². The van der Waals surface area contributed by atoms with Crippen LogP contribution in [0.5, 0.6) is 5.75 Å². The van der Waals surface area contributed by atoms with Crippen molar-refractivity contribution in [2.24, 2.45) is 16.9 Å². The highest BCUT2D eigenvalue weighted by Gasteiger charge is 2.55. The van der Waals surface area contributed by atoms with E-state index in [4.69, 9.17) is 21.1 Å². The lowest BCUT2D eigenvalue weighted by atomic mass is 9.87. The third kappa shape index (κ3) is 3.60. The van der Waals surface area contributed by atoms with E-state index in [1.807, 2.05) is 12.1 Å². The minimum absolute atomic E-state index is 0.0303. The molecule has 1 saturated carbocycles. The number of hydrogen-bond donors (Lipinski definition) is 1. The fourth-order valence-corrected chi connectivity index (χ4v) is 4.36. The molecule has 1 amide bonds. The number of nitrogens with zero attached hydrogens (tertiary/aromatic N) is 3. The molecule has 7 nitrogen and oxygen atoms in total. The number of carbonyl (C=O) groups is 1.